The molecule has 106 valence electrons. The molecule has 0 spiro atoms. The van der Waals surface area contributed by atoms with E-state index in [2.05, 4.69) is 10.2 Å². The van der Waals surface area contributed by atoms with E-state index in [4.69, 9.17) is 4.74 Å². The van der Waals surface area contributed by atoms with Crippen molar-refractivity contribution < 1.29 is 9.84 Å². The van der Waals surface area contributed by atoms with Gasteiger partial charge in [-0.15, -0.1) is 0 Å². The number of benzene rings is 2. The largest absolute Gasteiger partial charge is 0.457 e. The summed E-state index contributed by atoms with van der Waals surface area (Å²) in [6.45, 7) is 1.61. The third-order valence-corrected chi connectivity index (χ3v) is 2.98. The van der Waals surface area contributed by atoms with E-state index in [-0.39, 0.29) is 0 Å². The minimum absolute atomic E-state index is 0.655. The first-order chi connectivity index (χ1) is 10.2. The maximum Gasteiger partial charge on any atom is 0.163 e. The molecule has 0 saturated heterocycles. The molecule has 1 N–H and O–H groups in total. The summed E-state index contributed by atoms with van der Waals surface area (Å²) in [6, 6.07) is 17.2. The summed E-state index contributed by atoms with van der Waals surface area (Å²) in [5.41, 5.74) is 1.48. The van der Waals surface area contributed by atoms with Gasteiger partial charge in [-0.25, -0.2) is 0 Å². The first-order valence-electron chi connectivity index (χ1n) is 6.66. The molecule has 2 aromatic carbocycles. The zero-order chi connectivity index (χ0) is 14.7. The fraction of sp³-hybridized carbons (Fsp3) is 0.125. The Bertz CT molecular complexity index is 723. The van der Waals surface area contributed by atoms with Crippen LogP contribution in [0.2, 0.25) is 0 Å². The van der Waals surface area contributed by atoms with E-state index in [1.807, 2.05) is 54.6 Å². The summed E-state index contributed by atoms with van der Waals surface area (Å²) >= 11 is 0. The SMILES string of the molecule is CC(O)n1ncc(-c2ccccc2Oc2ccccc2)n1. The Labute approximate surface area is 122 Å². The fourth-order valence-corrected chi connectivity index (χ4v) is 1.96. The van der Waals surface area contributed by atoms with Gasteiger partial charge >= 0.3 is 0 Å². The molecule has 0 bridgehead atoms. The van der Waals surface area contributed by atoms with Crippen molar-refractivity contribution in [3.05, 3.63) is 60.8 Å². The molecule has 1 unspecified atom stereocenters. The molecular formula is C16H15N3O2. The molecule has 0 radical (unpaired) electrons. The average Bonchev–Trinajstić information content (AvgIpc) is 2.99. The summed E-state index contributed by atoms with van der Waals surface area (Å²) in [4.78, 5) is 1.26. The molecule has 1 atom stereocenters. The van der Waals surface area contributed by atoms with Crippen LogP contribution in [0.15, 0.2) is 60.8 Å². The second-order valence-corrected chi connectivity index (χ2v) is 4.59. The maximum atomic E-state index is 9.50. The van der Waals surface area contributed by atoms with Crippen LogP contribution >= 0.6 is 0 Å². The Morgan fingerprint density at radius 3 is 2.48 bits per heavy atom. The highest BCUT2D eigenvalue weighted by atomic mass is 16.5. The van der Waals surface area contributed by atoms with Gasteiger partial charge in [0, 0.05) is 5.56 Å². The molecule has 21 heavy (non-hydrogen) atoms. The lowest BCUT2D eigenvalue weighted by atomic mass is 10.1. The minimum Gasteiger partial charge on any atom is -0.457 e. The van der Waals surface area contributed by atoms with Crippen molar-refractivity contribution in [1.82, 2.24) is 15.0 Å². The van der Waals surface area contributed by atoms with Crippen LogP contribution in [-0.2, 0) is 0 Å². The van der Waals surface area contributed by atoms with Gasteiger partial charge in [-0.1, -0.05) is 30.3 Å². The number of ether oxygens (including phenoxy) is 1. The number of aromatic nitrogens is 3. The third-order valence-electron chi connectivity index (χ3n) is 2.98. The van der Waals surface area contributed by atoms with Crippen LogP contribution in [0, 0.1) is 0 Å². The molecule has 0 fully saturated rings. The van der Waals surface area contributed by atoms with Gasteiger partial charge in [-0.2, -0.15) is 15.0 Å². The van der Waals surface area contributed by atoms with Crippen LogP contribution in [0.4, 0.5) is 0 Å². The molecule has 0 aliphatic heterocycles. The first-order valence-corrected chi connectivity index (χ1v) is 6.66. The molecule has 3 rings (SSSR count). The van der Waals surface area contributed by atoms with Gasteiger partial charge < -0.3 is 9.84 Å². The number of hydrogen-bond acceptors (Lipinski definition) is 4. The molecule has 0 saturated carbocycles. The van der Waals surface area contributed by atoms with Crippen molar-refractivity contribution in [2.24, 2.45) is 0 Å². The highest BCUT2D eigenvalue weighted by Gasteiger charge is 2.12. The maximum absolute atomic E-state index is 9.50. The number of aliphatic hydroxyl groups excluding tert-OH is 1. The summed E-state index contributed by atoms with van der Waals surface area (Å²) < 4.78 is 5.89. The van der Waals surface area contributed by atoms with Crippen molar-refractivity contribution >= 4 is 0 Å². The van der Waals surface area contributed by atoms with E-state index in [0.29, 0.717) is 11.4 Å². The minimum atomic E-state index is -0.763. The molecule has 5 nitrogen and oxygen atoms in total. The second-order valence-electron chi connectivity index (χ2n) is 4.59. The van der Waals surface area contributed by atoms with Crippen LogP contribution in [0.1, 0.15) is 13.2 Å². The van der Waals surface area contributed by atoms with Crippen LogP contribution in [0.25, 0.3) is 11.3 Å². The average molecular weight is 281 g/mol. The zero-order valence-corrected chi connectivity index (χ0v) is 11.5. The molecule has 1 heterocycles. The smallest absolute Gasteiger partial charge is 0.163 e. The fourth-order valence-electron chi connectivity index (χ4n) is 1.96. The lowest BCUT2D eigenvalue weighted by molar-refractivity contribution is 0.0949. The number of rotatable bonds is 4. The van der Waals surface area contributed by atoms with Crippen LogP contribution in [0.5, 0.6) is 11.5 Å². The number of aliphatic hydroxyl groups is 1. The topological polar surface area (TPSA) is 60.2 Å². The molecule has 0 aliphatic rings. The Balaban J connectivity index is 1.95. The first kappa shape index (κ1) is 13.3. The van der Waals surface area contributed by atoms with Gasteiger partial charge in [0.25, 0.3) is 0 Å². The highest BCUT2D eigenvalue weighted by molar-refractivity contribution is 5.66. The molecular weight excluding hydrogens is 266 g/mol. The second kappa shape index (κ2) is 5.76. The lowest BCUT2D eigenvalue weighted by Crippen LogP contribution is -2.07. The van der Waals surface area contributed by atoms with Gasteiger partial charge in [0.05, 0.1) is 6.20 Å². The lowest BCUT2D eigenvalue weighted by Gasteiger charge is -2.09. The normalized spacial score (nSPS) is 12.1. The van der Waals surface area contributed by atoms with E-state index in [9.17, 15) is 5.11 Å². The van der Waals surface area contributed by atoms with E-state index < -0.39 is 6.23 Å². The number of nitrogens with zero attached hydrogens (tertiary/aromatic N) is 3. The van der Waals surface area contributed by atoms with Gasteiger partial charge in [0.1, 0.15) is 17.2 Å². The van der Waals surface area contributed by atoms with Gasteiger partial charge in [0.15, 0.2) is 6.23 Å². The van der Waals surface area contributed by atoms with Gasteiger partial charge in [-0.05, 0) is 31.2 Å². The van der Waals surface area contributed by atoms with Crippen molar-refractivity contribution in [1.29, 1.82) is 0 Å². The molecule has 5 heteroatoms. The van der Waals surface area contributed by atoms with E-state index in [1.165, 1.54) is 4.80 Å². The molecule has 1 aromatic heterocycles. The third kappa shape index (κ3) is 2.93. The Hall–Kier alpha value is -2.66. The molecule has 3 aromatic rings. The Morgan fingerprint density at radius 1 is 1.05 bits per heavy atom. The van der Waals surface area contributed by atoms with E-state index in [1.54, 1.807) is 13.1 Å². The summed E-state index contributed by atoms with van der Waals surface area (Å²) in [5, 5.41) is 17.8. The molecule has 0 amide bonds. The predicted molar refractivity (Wildman–Crippen MR) is 78.9 cm³/mol. The summed E-state index contributed by atoms with van der Waals surface area (Å²) in [7, 11) is 0. The quantitative estimate of drug-likeness (QED) is 0.797. The van der Waals surface area contributed by atoms with Crippen LogP contribution in [0.3, 0.4) is 0 Å². The van der Waals surface area contributed by atoms with Crippen LogP contribution < -0.4 is 4.74 Å². The summed E-state index contributed by atoms with van der Waals surface area (Å²) in [6.07, 6.45) is 0.848. The number of hydrogen-bond donors (Lipinski definition) is 1. The van der Waals surface area contributed by atoms with Crippen molar-refractivity contribution in [3.63, 3.8) is 0 Å². The Kier molecular flexibility index (Phi) is 3.66. The highest BCUT2D eigenvalue weighted by Crippen LogP contribution is 2.31. The monoisotopic (exact) mass is 281 g/mol. The van der Waals surface area contributed by atoms with Crippen molar-refractivity contribution in [3.8, 4) is 22.8 Å². The van der Waals surface area contributed by atoms with Crippen molar-refractivity contribution in [2.45, 2.75) is 13.2 Å². The van der Waals surface area contributed by atoms with Gasteiger partial charge in [0.2, 0.25) is 0 Å². The zero-order valence-electron chi connectivity index (χ0n) is 11.5. The predicted octanol–water partition coefficient (Wildman–Crippen LogP) is 3.25. The van der Waals surface area contributed by atoms with Crippen LogP contribution in [-0.4, -0.2) is 20.1 Å². The standard InChI is InChI=1S/C16H15N3O2/c1-12(20)19-17-11-15(18-19)14-9-5-6-10-16(14)21-13-7-3-2-4-8-13/h2-12,20H,1H3. The summed E-state index contributed by atoms with van der Waals surface area (Å²) in [5.74, 6) is 1.45. The van der Waals surface area contributed by atoms with E-state index >= 15 is 0 Å². The Morgan fingerprint density at radius 2 is 1.76 bits per heavy atom. The number of para-hydroxylation sites is 2. The van der Waals surface area contributed by atoms with E-state index in [0.717, 1.165) is 11.3 Å². The van der Waals surface area contributed by atoms with Gasteiger partial charge in [-0.3, -0.25) is 0 Å². The molecule has 0 aliphatic carbocycles. The van der Waals surface area contributed by atoms with Crippen molar-refractivity contribution in [2.75, 3.05) is 0 Å².